The van der Waals surface area contributed by atoms with Gasteiger partial charge >= 0.3 is 0 Å². The van der Waals surface area contributed by atoms with Crippen molar-refractivity contribution < 1.29 is 4.79 Å². The standard InChI is InChI=1S/C13H10BrClOS/c1-7-4-3-5-9(8(7)2)12(16)11-6-10(14)13(15)17-11/h3-6H,1-2H3. The van der Waals surface area contributed by atoms with Gasteiger partial charge in [-0.1, -0.05) is 29.8 Å². The molecule has 1 aromatic carbocycles. The fraction of sp³-hybridized carbons (Fsp3) is 0.154. The Morgan fingerprint density at radius 3 is 2.65 bits per heavy atom. The molecule has 0 aliphatic carbocycles. The van der Waals surface area contributed by atoms with Gasteiger partial charge in [0.2, 0.25) is 5.78 Å². The number of carbonyl (C=O) groups excluding carboxylic acids is 1. The molecule has 0 bridgehead atoms. The number of rotatable bonds is 2. The zero-order valence-electron chi connectivity index (χ0n) is 9.38. The molecule has 0 spiro atoms. The Morgan fingerprint density at radius 2 is 2.06 bits per heavy atom. The minimum Gasteiger partial charge on any atom is -0.288 e. The van der Waals surface area contributed by atoms with Gasteiger partial charge in [-0.15, -0.1) is 11.3 Å². The lowest BCUT2D eigenvalue weighted by Crippen LogP contribution is -2.02. The third-order valence-corrected chi connectivity index (χ3v) is 5.19. The molecule has 4 heteroatoms. The van der Waals surface area contributed by atoms with Crippen molar-refractivity contribution in [2.75, 3.05) is 0 Å². The van der Waals surface area contributed by atoms with Crippen molar-refractivity contribution >= 4 is 44.7 Å². The first-order valence-corrected chi connectivity index (χ1v) is 7.05. The molecular formula is C13H10BrClOS. The summed E-state index contributed by atoms with van der Waals surface area (Å²) in [6.45, 7) is 3.97. The van der Waals surface area contributed by atoms with E-state index in [-0.39, 0.29) is 5.78 Å². The molecule has 0 radical (unpaired) electrons. The van der Waals surface area contributed by atoms with Crippen LogP contribution in [0.15, 0.2) is 28.7 Å². The van der Waals surface area contributed by atoms with E-state index >= 15 is 0 Å². The molecule has 1 nitrogen and oxygen atoms in total. The Morgan fingerprint density at radius 1 is 1.35 bits per heavy atom. The van der Waals surface area contributed by atoms with E-state index in [0.29, 0.717) is 9.21 Å². The molecule has 2 rings (SSSR count). The normalized spacial score (nSPS) is 10.6. The number of carbonyl (C=O) groups is 1. The predicted molar refractivity (Wildman–Crippen MR) is 76.4 cm³/mol. The molecule has 2 aromatic rings. The summed E-state index contributed by atoms with van der Waals surface area (Å²) in [6.07, 6.45) is 0. The molecule has 1 heterocycles. The third kappa shape index (κ3) is 2.46. The molecule has 17 heavy (non-hydrogen) atoms. The highest BCUT2D eigenvalue weighted by molar-refractivity contribution is 9.10. The molecule has 0 saturated heterocycles. The number of hydrogen-bond acceptors (Lipinski definition) is 2. The molecule has 0 atom stereocenters. The number of ketones is 1. The van der Waals surface area contributed by atoms with Gasteiger partial charge in [0.05, 0.1) is 4.88 Å². The van der Waals surface area contributed by atoms with Crippen LogP contribution >= 0.6 is 38.9 Å². The minimum atomic E-state index is 0.0313. The summed E-state index contributed by atoms with van der Waals surface area (Å²) in [5.41, 5.74) is 2.89. The zero-order chi connectivity index (χ0) is 12.6. The molecule has 0 saturated carbocycles. The van der Waals surface area contributed by atoms with Crippen LogP contribution in [0.4, 0.5) is 0 Å². The summed E-state index contributed by atoms with van der Waals surface area (Å²) in [6, 6.07) is 7.53. The van der Waals surface area contributed by atoms with E-state index in [1.807, 2.05) is 32.0 Å². The van der Waals surface area contributed by atoms with Crippen molar-refractivity contribution in [2.24, 2.45) is 0 Å². The van der Waals surface area contributed by atoms with E-state index in [0.717, 1.165) is 21.2 Å². The molecule has 0 aliphatic rings. The maximum absolute atomic E-state index is 12.3. The molecule has 0 N–H and O–H groups in total. The summed E-state index contributed by atoms with van der Waals surface area (Å²) < 4.78 is 1.39. The summed E-state index contributed by atoms with van der Waals surface area (Å²) in [7, 11) is 0. The lowest BCUT2D eigenvalue weighted by Gasteiger charge is -2.05. The first kappa shape index (κ1) is 12.8. The lowest BCUT2D eigenvalue weighted by molar-refractivity contribution is 0.104. The van der Waals surface area contributed by atoms with Crippen LogP contribution in [-0.2, 0) is 0 Å². The van der Waals surface area contributed by atoms with Crippen LogP contribution in [0.3, 0.4) is 0 Å². The van der Waals surface area contributed by atoms with Crippen molar-refractivity contribution in [2.45, 2.75) is 13.8 Å². The first-order chi connectivity index (χ1) is 8.00. The smallest absolute Gasteiger partial charge is 0.203 e. The predicted octanol–water partition coefficient (Wildman–Crippen LogP) is 5.01. The average Bonchev–Trinajstić information content (AvgIpc) is 2.62. The van der Waals surface area contributed by atoms with Gasteiger partial charge < -0.3 is 0 Å². The molecule has 0 aliphatic heterocycles. The van der Waals surface area contributed by atoms with Crippen molar-refractivity contribution in [1.29, 1.82) is 0 Å². The fourth-order valence-corrected chi connectivity index (χ4v) is 3.24. The van der Waals surface area contributed by atoms with Gasteiger partial charge in [0.1, 0.15) is 4.34 Å². The second-order valence-electron chi connectivity index (χ2n) is 3.81. The van der Waals surface area contributed by atoms with E-state index < -0.39 is 0 Å². The van der Waals surface area contributed by atoms with Gasteiger partial charge in [-0.2, -0.15) is 0 Å². The topological polar surface area (TPSA) is 17.1 Å². The number of hydrogen-bond donors (Lipinski definition) is 0. The van der Waals surface area contributed by atoms with Gasteiger partial charge in [0.15, 0.2) is 0 Å². The summed E-state index contributed by atoms with van der Waals surface area (Å²) in [4.78, 5) is 13.0. The average molecular weight is 330 g/mol. The van der Waals surface area contributed by atoms with Crippen LogP contribution in [-0.4, -0.2) is 5.78 Å². The Kier molecular flexibility index (Phi) is 3.71. The van der Waals surface area contributed by atoms with Crippen LogP contribution < -0.4 is 0 Å². The molecule has 0 fully saturated rings. The summed E-state index contributed by atoms with van der Waals surface area (Å²) in [5, 5.41) is 0. The molecular weight excluding hydrogens is 320 g/mol. The Bertz CT molecular complexity index is 570. The second-order valence-corrected chi connectivity index (χ2v) is 6.32. The van der Waals surface area contributed by atoms with Crippen LogP contribution in [0.2, 0.25) is 4.34 Å². The minimum absolute atomic E-state index is 0.0313. The van der Waals surface area contributed by atoms with Gasteiger partial charge in [-0.25, -0.2) is 0 Å². The monoisotopic (exact) mass is 328 g/mol. The van der Waals surface area contributed by atoms with E-state index in [4.69, 9.17) is 11.6 Å². The highest BCUT2D eigenvalue weighted by atomic mass is 79.9. The highest BCUT2D eigenvalue weighted by Gasteiger charge is 2.16. The van der Waals surface area contributed by atoms with Crippen LogP contribution in [0, 0.1) is 13.8 Å². The van der Waals surface area contributed by atoms with Crippen molar-refractivity contribution in [1.82, 2.24) is 0 Å². The molecule has 0 unspecified atom stereocenters. The number of aryl methyl sites for hydroxylation is 1. The second kappa shape index (κ2) is 4.92. The Labute approximate surface area is 118 Å². The van der Waals surface area contributed by atoms with Crippen molar-refractivity contribution in [3.05, 3.63) is 54.6 Å². The molecule has 1 aromatic heterocycles. The third-order valence-electron chi connectivity index (χ3n) is 2.72. The first-order valence-electron chi connectivity index (χ1n) is 5.06. The van der Waals surface area contributed by atoms with Gasteiger partial charge in [0, 0.05) is 10.0 Å². The maximum atomic E-state index is 12.3. The number of halogens is 2. The maximum Gasteiger partial charge on any atom is 0.203 e. The van der Waals surface area contributed by atoms with Crippen LogP contribution in [0.1, 0.15) is 26.4 Å². The van der Waals surface area contributed by atoms with Gasteiger partial charge in [-0.3, -0.25) is 4.79 Å². The van der Waals surface area contributed by atoms with Gasteiger partial charge in [0.25, 0.3) is 0 Å². The van der Waals surface area contributed by atoms with Crippen LogP contribution in [0.5, 0.6) is 0 Å². The van der Waals surface area contributed by atoms with Crippen LogP contribution in [0.25, 0.3) is 0 Å². The summed E-state index contributed by atoms with van der Waals surface area (Å²) >= 11 is 10.6. The molecule has 88 valence electrons. The fourth-order valence-electron chi connectivity index (χ4n) is 1.59. The summed E-state index contributed by atoms with van der Waals surface area (Å²) in [5.74, 6) is 0.0313. The SMILES string of the molecule is Cc1cccc(C(=O)c2cc(Br)c(Cl)s2)c1C. The van der Waals surface area contributed by atoms with Crippen molar-refractivity contribution in [3.8, 4) is 0 Å². The quantitative estimate of drug-likeness (QED) is 0.708. The number of thiophene rings is 1. The van der Waals surface area contributed by atoms with E-state index in [1.165, 1.54) is 11.3 Å². The van der Waals surface area contributed by atoms with E-state index in [1.54, 1.807) is 6.07 Å². The lowest BCUT2D eigenvalue weighted by atomic mass is 9.99. The van der Waals surface area contributed by atoms with E-state index in [2.05, 4.69) is 15.9 Å². The van der Waals surface area contributed by atoms with E-state index in [9.17, 15) is 4.79 Å². The largest absolute Gasteiger partial charge is 0.288 e. The zero-order valence-corrected chi connectivity index (χ0v) is 12.5. The van der Waals surface area contributed by atoms with Crippen molar-refractivity contribution in [3.63, 3.8) is 0 Å². The van der Waals surface area contributed by atoms with Gasteiger partial charge in [-0.05, 0) is 47.0 Å². The number of benzene rings is 1. The highest BCUT2D eigenvalue weighted by Crippen LogP contribution is 2.33. The Balaban J connectivity index is 2.47. The molecule has 0 amide bonds. The Hall–Kier alpha value is -0.640.